The van der Waals surface area contributed by atoms with Gasteiger partial charge in [-0.05, 0) is 29.8 Å². The number of aliphatic carboxylic acids is 1. The number of aldehydes is 1. The minimum atomic E-state index is -1.51. The molecule has 1 saturated heterocycles. The summed E-state index contributed by atoms with van der Waals surface area (Å²) in [7, 11) is 0. The molecule has 5 aromatic rings. The number of hydrogen-bond donors (Lipinski definition) is 7. The van der Waals surface area contributed by atoms with Crippen molar-refractivity contribution in [2.75, 3.05) is 59.0 Å². The van der Waals surface area contributed by atoms with E-state index in [0.717, 1.165) is 25.2 Å². The molecule has 0 unspecified atom stereocenters. The number of amides is 8. The standard InChI is InChI=1S/C32H30N4O9.C25H24N4O9/c37-18-27(39)35-16-23(34-30(42)29(41)21-11-5-2-6-12-21)31(43)36(25-14-8-7-13-24(25)35)17-26(38)33-22-15-28(40)45-32(22)44-19-20-9-3-1-4-10-20;30-13-16(10-22(34)35)26-20(32)12-29-19-9-5-4-8-18(19)28(21(33)14-31)11-17(25(29)38)27-24(37)23(36)15-6-2-1-3-7-15/h1-14,22-23,32,37H,15-19H2,(H,33,38)(H,34,42);1-9,13,16-17,31H,10-12,14H2,(H,26,32)(H,27,37)(H,34,35)/t22-,23-,32+;16-,17-/m00/s1. The molecule has 3 heterocycles. The summed E-state index contributed by atoms with van der Waals surface area (Å²) in [5.74, 6) is -10.8. The van der Waals surface area contributed by atoms with Gasteiger partial charge in [-0.15, -0.1) is 0 Å². The minimum Gasteiger partial charge on any atom is -0.481 e. The molecule has 83 heavy (non-hydrogen) atoms. The van der Waals surface area contributed by atoms with Crippen LogP contribution in [0.4, 0.5) is 22.7 Å². The van der Waals surface area contributed by atoms with E-state index in [9.17, 15) is 72.5 Å². The molecular formula is C57H54N8O18. The Kier molecular flexibility index (Phi) is 20.5. The number of nitrogens with zero attached hydrogens (tertiary/aromatic N) is 4. The summed E-state index contributed by atoms with van der Waals surface area (Å²) in [4.78, 5) is 168. The molecule has 0 spiro atoms. The number of carbonyl (C=O) groups excluding carboxylic acids is 12. The van der Waals surface area contributed by atoms with Crippen LogP contribution in [0.3, 0.4) is 0 Å². The first-order valence-electron chi connectivity index (χ1n) is 25.5. The highest BCUT2D eigenvalue weighted by Gasteiger charge is 2.42. The van der Waals surface area contributed by atoms with Gasteiger partial charge in [-0.3, -0.25) is 67.3 Å². The number of fused-ring (bicyclic) bond motifs is 2. The van der Waals surface area contributed by atoms with E-state index in [4.69, 9.17) is 14.6 Å². The van der Waals surface area contributed by atoms with Crippen LogP contribution in [-0.4, -0.2) is 162 Å². The number of benzene rings is 5. The van der Waals surface area contributed by atoms with E-state index >= 15 is 0 Å². The average Bonchev–Trinajstić information content (AvgIpc) is 4.06. The fraction of sp³-hybridized carbons (Fsp3) is 0.246. The highest BCUT2D eigenvalue weighted by Crippen LogP contribution is 2.34. The number of carboxylic acids is 1. The predicted octanol–water partition coefficient (Wildman–Crippen LogP) is -0.415. The van der Waals surface area contributed by atoms with Gasteiger partial charge in [0, 0.05) is 11.1 Å². The van der Waals surface area contributed by atoms with Crippen LogP contribution in [0.25, 0.3) is 0 Å². The van der Waals surface area contributed by atoms with Crippen molar-refractivity contribution in [3.8, 4) is 0 Å². The molecule has 26 nitrogen and oxygen atoms in total. The third-order valence-corrected chi connectivity index (χ3v) is 12.8. The molecule has 26 heteroatoms. The smallest absolute Gasteiger partial charge is 0.310 e. The Hall–Kier alpha value is -10.3. The average molecular weight is 1140 g/mol. The third-order valence-electron chi connectivity index (χ3n) is 12.8. The summed E-state index contributed by atoms with van der Waals surface area (Å²) in [5.41, 5.74) is 1.55. The minimum absolute atomic E-state index is 0.0622. The second-order valence-electron chi connectivity index (χ2n) is 18.5. The van der Waals surface area contributed by atoms with Crippen LogP contribution in [0, 0.1) is 0 Å². The summed E-state index contributed by atoms with van der Waals surface area (Å²) in [6.45, 7) is -3.86. The van der Waals surface area contributed by atoms with Gasteiger partial charge in [-0.2, -0.15) is 0 Å². The number of aliphatic hydroxyl groups excluding tert-OH is 2. The van der Waals surface area contributed by atoms with Crippen LogP contribution in [0.5, 0.6) is 0 Å². The Labute approximate surface area is 471 Å². The number of anilines is 4. The largest absolute Gasteiger partial charge is 0.481 e. The van der Waals surface area contributed by atoms with E-state index in [2.05, 4.69) is 21.3 Å². The number of esters is 1. The Bertz CT molecular complexity index is 3290. The first-order chi connectivity index (χ1) is 39.9. The van der Waals surface area contributed by atoms with Crippen LogP contribution in [0.15, 0.2) is 140 Å². The zero-order valence-electron chi connectivity index (χ0n) is 43.9. The number of ketones is 2. The summed E-state index contributed by atoms with van der Waals surface area (Å²) < 4.78 is 11.0. The maximum absolute atomic E-state index is 13.9. The number of ether oxygens (including phenoxy) is 2. The van der Waals surface area contributed by atoms with Gasteiger partial charge in [0.05, 0.1) is 61.3 Å². The molecule has 7 N–H and O–H groups in total. The maximum Gasteiger partial charge on any atom is 0.310 e. The van der Waals surface area contributed by atoms with Crippen LogP contribution in [0.2, 0.25) is 0 Å². The van der Waals surface area contributed by atoms with Gasteiger partial charge < -0.3 is 60.7 Å². The summed E-state index contributed by atoms with van der Waals surface area (Å²) in [6, 6.07) is 31.5. The Morgan fingerprint density at radius 3 is 1.43 bits per heavy atom. The zero-order chi connectivity index (χ0) is 59.7. The molecule has 3 aliphatic rings. The van der Waals surface area contributed by atoms with E-state index in [1.54, 1.807) is 54.6 Å². The number of Topliss-reactive ketones (excluding diaryl/α,β-unsaturated/α-hetero) is 2. The van der Waals surface area contributed by atoms with Gasteiger partial charge in [0.25, 0.3) is 35.4 Å². The molecule has 8 amide bonds. The lowest BCUT2D eigenvalue weighted by Gasteiger charge is -2.26. The van der Waals surface area contributed by atoms with Crippen molar-refractivity contribution in [2.45, 2.75) is 49.9 Å². The topological polar surface area (TPSA) is 362 Å². The summed E-state index contributed by atoms with van der Waals surface area (Å²) in [6.07, 6.45) is -1.67. The van der Waals surface area contributed by atoms with Crippen molar-refractivity contribution in [1.82, 2.24) is 21.3 Å². The molecule has 0 saturated carbocycles. The highest BCUT2D eigenvalue weighted by molar-refractivity contribution is 6.43. The normalized spacial score (nSPS) is 17.5. The van der Waals surface area contributed by atoms with E-state index < -0.39 is 147 Å². The number of carboxylic acid groups (broad SMARTS) is 1. The van der Waals surface area contributed by atoms with E-state index in [1.165, 1.54) is 54.6 Å². The molecule has 0 aliphatic carbocycles. The van der Waals surface area contributed by atoms with Crippen molar-refractivity contribution in [3.05, 3.63) is 156 Å². The second kappa shape index (κ2) is 28.2. The van der Waals surface area contributed by atoms with Gasteiger partial charge in [-0.1, -0.05) is 115 Å². The quantitative estimate of drug-likeness (QED) is 0.0225. The number of rotatable bonds is 20. The lowest BCUT2D eigenvalue weighted by molar-refractivity contribution is -0.168. The molecule has 8 rings (SSSR count). The monoisotopic (exact) mass is 1140 g/mol. The van der Waals surface area contributed by atoms with Gasteiger partial charge in [-0.25, -0.2) is 0 Å². The van der Waals surface area contributed by atoms with E-state index in [1.807, 2.05) is 30.3 Å². The molecule has 0 bridgehead atoms. The lowest BCUT2D eigenvalue weighted by Crippen LogP contribution is -2.56. The molecule has 5 aromatic carbocycles. The van der Waals surface area contributed by atoms with Crippen molar-refractivity contribution in [1.29, 1.82) is 0 Å². The number of aliphatic hydroxyl groups is 2. The number of nitrogens with one attached hydrogen (secondary N) is 4. The van der Waals surface area contributed by atoms with Gasteiger partial charge in [0.1, 0.15) is 50.7 Å². The SMILES string of the molecule is O=C(CN1C(=O)[C@@H](NC(=O)C(=O)c2ccccc2)CN(C(=O)CO)c2ccccc21)N[C@H]1CC(=O)O[C@H]1OCc1ccccc1.O=C[C@H](CC(=O)O)NC(=O)CN1C(=O)[C@@H](NC(=O)C(=O)c2ccccc2)CN(C(=O)CO)c2ccccc21. The first kappa shape index (κ1) is 60.3. The van der Waals surface area contributed by atoms with Gasteiger partial charge in [0.2, 0.25) is 29.7 Å². The van der Waals surface area contributed by atoms with Crippen molar-refractivity contribution >= 4 is 99.8 Å². The molecular weight excluding hydrogens is 1080 g/mol. The first-order valence-corrected chi connectivity index (χ1v) is 25.5. The fourth-order valence-electron chi connectivity index (χ4n) is 8.92. The highest BCUT2D eigenvalue weighted by atomic mass is 16.7. The number of para-hydroxylation sites is 4. The van der Waals surface area contributed by atoms with Crippen LogP contribution in [0.1, 0.15) is 39.1 Å². The molecule has 3 aliphatic heterocycles. The Morgan fingerprint density at radius 1 is 0.578 bits per heavy atom. The Balaban J connectivity index is 0.000000242. The van der Waals surface area contributed by atoms with Crippen LogP contribution < -0.4 is 40.9 Å². The number of cyclic esters (lactones) is 1. The third kappa shape index (κ3) is 15.3. The molecule has 430 valence electrons. The van der Waals surface area contributed by atoms with Crippen molar-refractivity contribution < 1.29 is 87.1 Å². The maximum atomic E-state index is 13.9. The lowest BCUT2D eigenvalue weighted by atomic mass is 10.1. The Morgan fingerprint density at radius 2 is 1.00 bits per heavy atom. The summed E-state index contributed by atoms with van der Waals surface area (Å²) >= 11 is 0. The van der Waals surface area contributed by atoms with Gasteiger partial charge in [0.15, 0.2) is 0 Å². The molecule has 0 radical (unpaired) electrons. The molecule has 1 fully saturated rings. The fourth-order valence-corrected chi connectivity index (χ4v) is 8.92. The number of hydrogen-bond acceptors (Lipinski definition) is 17. The van der Waals surface area contributed by atoms with E-state index in [0.29, 0.717) is 0 Å². The number of carbonyl (C=O) groups is 13. The van der Waals surface area contributed by atoms with Crippen LogP contribution in [-0.2, 0) is 68.8 Å². The summed E-state index contributed by atoms with van der Waals surface area (Å²) in [5, 5.41) is 37.7. The van der Waals surface area contributed by atoms with Gasteiger partial charge >= 0.3 is 11.9 Å². The molecule has 0 aromatic heterocycles. The second-order valence-corrected chi connectivity index (χ2v) is 18.5. The molecule has 5 atom stereocenters. The predicted molar refractivity (Wildman–Crippen MR) is 290 cm³/mol. The van der Waals surface area contributed by atoms with E-state index in [-0.39, 0.29) is 53.2 Å². The zero-order valence-corrected chi connectivity index (χ0v) is 43.9. The van der Waals surface area contributed by atoms with Crippen molar-refractivity contribution in [3.63, 3.8) is 0 Å². The van der Waals surface area contributed by atoms with Crippen LogP contribution >= 0.6 is 0 Å². The van der Waals surface area contributed by atoms with Crippen molar-refractivity contribution in [2.24, 2.45) is 0 Å².